The van der Waals surface area contributed by atoms with Gasteiger partial charge in [0.25, 0.3) is 0 Å². The van der Waals surface area contributed by atoms with Crippen LogP contribution in [0.15, 0.2) is 0 Å². The first-order valence-electron chi connectivity index (χ1n) is 8.81. The van der Waals surface area contributed by atoms with Gasteiger partial charge in [-0.1, -0.05) is 13.8 Å². The molecule has 2 atom stereocenters. The van der Waals surface area contributed by atoms with Crippen LogP contribution in [0.5, 0.6) is 0 Å². The molecule has 0 amide bonds. The molecule has 116 valence electrons. The van der Waals surface area contributed by atoms with Gasteiger partial charge in [0.05, 0.1) is 12.2 Å². The van der Waals surface area contributed by atoms with Crippen LogP contribution < -0.4 is 5.32 Å². The molecule has 0 spiro atoms. The Labute approximate surface area is 124 Å². The summed E-state index contributed by atoms with van der Waals surface area (Å²) in [7, 11) is 0. The zero-order valence-electron chi connectivity index (χ0n) is 13.3. The van der Waals surface area contributed by atoms with E-state index in [-0.39, 0.29) is 0 Å². The summed E-state index contributed by atoms with van der Waals surface area (Å²) in [5.41, 5.74) is 0. The molecule has 0 aromatic rings. The second kappa shape index (κ2) is 6.76. The molecule has 0 radical (unpaired) electrons. The number of nitrogens with one attached hydrogen (secondary N) is 1. The van der Waals surface area contributed by atoms with Gasteiger partial charge >= 0.3 is 0 Å². The van der Waals surface area contributed by atoms with Gasteiger partial charge in [0.2, 0.25) is 0 Å². The molecule has 0 bridgehead atoms. The van der Waals surface area contributed by atoms with Crippen LogP contribution in [0.2, 0.25) is 0 Å². The molecule has 3 heteroatoms. The van der Waals surface area contributed by atoms with Gasteiger partial charge in [-0.15, -0.1) is 0 Å². The molecule has 3 fully saturated rings. The van der Waals surface area contributed by atoms with Crippen LogP contribution in [0.3, 0.4) is 0 Å². The van der Waals surface area contributed by atoms with E-state index in [1.54, 1.807) is 0 Å². The number of ether oxygens (including phenoxy) is 1. The standard InChI is InChI=1S/C17H32N2O/c1-13(2)9-18-10-16-7-8-17(20-16)12-19(15-5-6-15)11-14-3-4-14/h13-18H,3-12H2,1-2H3. The zero-order chi connectivity index (χ0) is 13.9. The van der Waals surface area contributed by atoms with Crippen molar-refractivity contribution in [3.63, 3.8) is 0 Å². The topological polar surface area (TPSA) is 24.5 Å². The summed E-state index contributed by atoms with van der Waals surface area (Å²) in [6.45, 7) is 9.22. The molecule has 1 saturated heterocycles. The van der Waals surface area contributed by atoms with E-state index in [9.17, 15) is 0 Å². The Morgan fingerprint density at radius 3 is 2.40 bits per heavy atom. The lowest BCUT2D eigenvalue weighted by molar-refractivity contribution is 0.0206. The van der Waals surface area contributed by atoms with Crippen LogP contribution in [-0.4, -0.2) is 49.3 Å². The summed E-state index contributed by atoms with van der Waals surface area (Å²) in [6, 6.07) is 0.900. The first-order chi connectivity index (χ1) is 9.70. The van der Waals surface area contributed by atoms with Crippen LogP contribution in [0.25, 0.3) is 0 Å². The van der Waals surface area contributed by atoms with Gasteiger partial charge < -0.3 is 10.1 Å². The lowest BCUT2D eigenvalue weighted by atomic mass is 10.1. The first kappa shape index (κ1) is 14.8. The van der Waals surface area contributed by atoms with Gasteiger partial charge in [0.15, 0.2) is 0 Å². The van der Waals surface area contributed by atoms with E-state index in [0.29, 0.717) is 12.2 Å². The number of nitrogens with zero attached hydrogens (tertiary/aromatic N) is 1. The zero-order valence-corrected chi connectivity index (χ0v) is 13.3. The van der Waals surface area contributed by atoms with E-state index in [1.807, 2.05) is 0 Å². The van der Waals surface area contributed by atoms with Gasteiger partial charge in [-0.25, -0.2) is 0 Å². The first-order valence-corrected chi connectivity index (χ1v) is 8.81. The van der Waals surface area contributed by atoms with Gasteiger partial charge in [0.1, 0.15) is 0 Å². The Morgan fingerprint density at radius 1 is 1.00 bits per heavy atom. The van der Waals surface area contributed by atoms with Crippen molar-refractivity contribution >= 4 is 0 Å². The molecule has 0 aromatic heterocycles. The van der Waals surface area contributed by atoms with Crippen LogP contribution >= 0.6 is 0 Å². The second-order valence-corrected chi connectivity index (χ2v) is 7.64. The minimum atomic E-state index is 0.459. The van der Waals surface area contributed by atoms with Crippen molar-refractivity contribution in [3.8, 4) is 0 Å². The van der Waals surface area contributed by atoms with Crippen molar-refractivity contribution in [1.29, 1.82) is 0 Å². The normalized spacial score (nSPS) is 30.6. The summed E-state index contributed by atoms with van der Waals surface area (Å²) < 4.78 is 6.25. The van der Waals surface area contributed by atoms with E-state index in [1.165, 1.54) is 51.6 Å². The maximum atomic E-state index is 6.25. The molecule has 20 heavy (non-hydrogen) atoms. The highest BCUT2D eigenvalue weighted by Gasteiger charge is 2.36. The third-order valence-corrected chi connectivity index (χ3v) is 4.81. The smallest absolute Gasteiger partial charge is 0.0707 e. The molecule has 1 N–H and O–H groups in total. The van der Waals surface area contributed by atoms with Crippen LogP contribution in [-0.2, 0) is 4.74 Å². The van der Waals surface area contributed by atoms with E-state index in [0.717, 1.165) is 31.0 Å². The van der Waals surface area contributed by atoms with Crippen molar-refractivity contribution in [3.05, 3.63) is 0 Å². The largest absolute Gasteiger partial charge is 0.372 e. The van der Waals surface area contributed by atoms with Crippen LogP contribution in [0.4, 0.5) is 0 Å². The van der Waals surface area contributed by atoms with Gasteiger partial charge in [-0.05, 0) is 56.9 Å². The molecule has 2 saturated carbocycles. The van der Waals surface area contributed by atoms with Crippen molar-refractivity contribution in [1.82, 2.24) is 10.2 Å². The van der Waals surface area contributed by atoms with Crippen molar-refractivity contribution in [2.24, 2.45) is 11.8 Å². The quantitative estimate of drug-likeness (QED) is 0.703. The molecular weight excluding hydrogens is 248 g/mol. The fraction of sp³-hybridized carbons (Fsp3) is 1.00. The molecule has 2 unspecified atom stereocenters. The number of hydrogen-bond acceptors (Lipinski definition) is 3. The molecule has 3 nitrogen and oxygen atoms in total. The molecule has 0 aromatic carbocycles. The van der Waals surface area contributed by atoms with E-state index >= 15 is 0 Å². The van der Waals surface area contributed by atoms with Gasteiger partial charge in [0, 0.05) is 25.7 Å². The summed E-state index contributed by atoms with van der Waals surface area (Å²) in [4.78, 5) is 2.74. The highest BCUT2D eigenvalue weighted by Crippen LogP contribution is 2.35. The van der Waals surface area contributed by atoms with E-state index in [2.05, 4.69) is 24.1 Å². The Kier molecular flexibility index (Phi) is 5.00. The lowest BCUT2D eigenvalue weighted by Gasteiger charge is -2.25. The Bertz CT molecular complexity index is 299. The monoisotopic (exact) mass is 280 g/mol. The summed E-state index contributed by atoms with van der Waals surface area (Å²) in [5, 5.41) is 3.54. The summed E-state index contributed by atoms with van der Waals surface area (Å²) in [6.07, 6.45) is 9.27. The van der Waals surface area contributed by atoms with E-state index in [4.69, 9.17) is 4.74 Å². The average Bonchev–Trinajstić information content (AvgIpc) is 3.29. The van der Waals surface area contributed by atoms with Crippen LogP contribution in [0, 0.1) is 11.8 Å². The minimum Gasteiger partial charge on any atom is -0.372 e. The predicted molar refractivity (Wildman–Crippen MR) is 82.9 cm³/mol. The number of rotatable bonds is 9. The molecule has 1 heterocycles. The Hall–Kier alpha value is -0.120. The molecular formula is C17H32N2O. The molecule has 3 rings (SSSR count). The predicted octanol–water partition coefficient (Wildman–Crippen LogP) is 2.65. The molecule has 1 aliphatic heterocycles. The summed E-state index contributed by atoms with van der Waals surface area (Å²) in [5.74, 6) is 1.75. The Balaban J connectivity index is 1.35. The number of hydrogen-bond donors (Lipinski definition) is 1. The SMILES string of the molecule is CC(C)CNCC1CCC(CN(CC2CC2)C2CC2)O1. The summed E-state index contributed by atoms with van der Waals surface area (Å²) >= 11 is 0. The fourth-order valence-corrected chi connectivity index (χ4v) is 3.30. The minimum absolute atomic E-state index is 0.459. The highest BCUT2D eigenvalue weighted by molar-refractivity contribution is 4.90. The van der Waals surface area contributed by atoms with Gasteiger partial charge in [-0.3, -0.25) is 4.90 Å². The Morgan fingerprint density at radius 2 is 1.75 bits per heavy atom. The van der Waals surface area contributed by atoms with Gasteiger partial charge in [-0.2, -0.15) is 0 Å². The third-order valence-electron chi connectivity index (χ3n) is 4.81. The maximum absolute atomic E-state index is 6.25. The fourth-order valence-electron chi connectivity index (χ4n) is 3.30. The third kappa shape index (κ3) is 4.71. The maximum Gasteiger partial charge on any atom is 0.0707 e. The average molecular weight is 280 g/mol. The van der Waals surface area contributed by atoms with Crippen molar-refractivity contribution in [2.75, 3.05) is 26.2 Å². The van der Waals surface area contributed by atoms with Crippen molar-refractivity contribution in [2.45, 2.75) is 70.6 Å². The molecule has 2 aliphatic carbocycles. The van der Waals surface area contributed by atoms with Crippen molar-refractivity contribution < 1.29 is 4.74 Å². The highest BCUT2D eigenvalue weighted by atomic mass is 16.5. The second-order valence-electron chi connectivity index (χ2n) is 7.64. The molecule has 3 aliphatic rings. The van der Waals surface area contributed by atoms with Crippen LogP contribution in [0.1, 0.15) is 52.4 Å². The van der Waals surface area contributed by atoms with E-state index < -0.39 is 0 Å². The lowest BCUT2D eigenvalue weighted by Crippen LogP contribution is -2.37.